The molecule has 0 bridgehead atoms. The summed E-state index contributed by atoms with van der Waals surface area (Å²) in [5.41, 5.74) is 7.44. The van der Waals surface area contributed by atoms with E-state index in [-0.39, 0.29) is 17.9 Å². The molecule has 0 N–H and O–H groups in total. The number of amides is 1. The third-order valence-electron chi connectivity index (χ3n) is 8.39. The maximum absolute atomic E-state index is 13.9. The lowest BCUT2D eigenvalue weighted by Gasteiger charge is -2.40. The van der Waals surface area contributed by atoms with E-state index in [0.29, 0.717) is 6.42 Å². The Morgan fingerprint density at radius 2 is 1.32 bits per heavy atom. The van der Waals surface area contributed by atoms with Crippen LogP contribution >= 0.6 is 0 Å². The number of aromatic nitrogens is 1. The molecule has 6 rings (SSSR count). The van der Waals surface area contributed by atoms with Crippen LogP contribution in [0.25, 0.3) is 10.9 Å². The molecule has 4 heteroatoms. The van der Waals surface area contributed by atoms with Gasteiger partial charge in [-0.05, 0) is 35.2 Å². The Bertz CT molecular complexity index is 1540. The van der Waals surface area contributed by atoms with Crippen LogP contribution in [0, 0.1) is 6.92 Å². The number of rotatable bonds is 7. The molecule has 1 atom stereocenters. The van der Waals surface area contributed by atoms with Crippen molar-refractivity contribution in [3.05, 3.63) is 143 Å². The van der Waals surface area contributed by atoms with Gasteiger partial charge in [0.25, 0.3) is 0 Å². The van der Waals surface area contributed by atoms with Gasteiger partial charge in [-0.3, -0.25) is 9.69 Å². The number of piperazine rings is 1. The monoisotopic (exact) mass is 527 g/mol. The van der Waals surface area contributed by atoms with E-state index in [2.05, 4.69) is 144 Å². The maximum atomic E-state index is 13.9. The van der Waals surface area contributed by atoms with Gasteiger partial charge in [0.1, 0.15) is 0 Å². The van der Waals surface area contributed by atoms with Crippen molar-refractivity contribution in [2.45, 2.75) is 25.3 Å². The molecule has 4 nitrogen and oxygen atoms in total. The zero-order valence-electron chi connectivity index (χ0n) is 23.4. The minimum absolute atomic E-state index is 0.0120. The highest BCUT2D eigenvalue weighted by Crippen LogP contribution is 2.36. The zero-order chi connectivity index (χ0) is 27.5. The Kier molecular flexibility index (Phi) is 7.52. The number of hydrogen-bond donors (Lipinski definition) is 0. The summed E-state index contributed by atoms with van der Waals surface area (Å²) < 4.78 is 2.18. The van der Waals surface area contributed by atoms with Gasteiger partial charge in [-0.25, -0.2) is 0 Å². The average Bonchev–Trinajstić information content (AvgIpc) is 3.33. The van der Waals surface area contributed by atoms with Crippen LogP contribution in [-0.2, 0) is 11.8 Å². The molecule has 0 saturated carbocycles. The van der Waals surface area contributed by atoms with E-state index >= 15 is 0 Å². The van der Waals surface area contributed by atoms with Crippen LogP contribution in [0.15, 0.2) is 115 Å². The maximum Gasteiger partial charge on any atom is 0.223 e. The summed E-state index contributed by atoms with van der Waals surface area (Å²) in [5, 5.41) is 1.22. The Morgan fingerprint density at radius 1 is 0.725 bits per heavy atom. The van der Waals surface area contributed by atoms with Gasteiger partial charge in [-0.15, -0.1) is 0 Å². The number of benzene rings is 4. The number of carbonyl (C=O) groups is 1. The first-order chi connectivity index (χ1) is 19.6. The van der Waals surface area contributed by atoms with Crippen LogP contribution in [0.5, 0.6) is 0 Å². The number of hydrogen-bond acceptors (Lipinski definition) is 2. The molecule has 0 unspecified atom stereocenters. The number of fused-ring (bicyclic) bond motifs is 1. The summed E-state index contributed by atoms with van der Waals surface area (Å²) >= 11 is 0. The first-order valence-corrected chi connectivity index (χ1v) is 14.3. The lowest BCUT2D eigenvalue weighted by molar-refractivity contribution is -0.133. The molecule has 1 aromatic heterocycles. The standard InChI is InChI=1S/C36H37N3O/c1-27-12-11-17-30(24-27)32(33-26-37(2)34-19-10-9-18-31(33)34)25-35(40)38-20-22-39(23-21-38)36(28-13-5-3-6-14-28)29-15-7-4-8-16-29/h3-19,24,26,32,36H,20-23,25H2,1-2H3/t32-/m1/s1. The minimum atomic E-state index is 0.0120. The van der Waals surface area contributed by atoms with E-state index in [0.717, 1.165) is 26.2 Å². The first kappa shape index (κ1) is 26.1. The van der Waals surface area contributed by atoms with Crippen LogP contribution in [0.1, 0.15) is 46.2 Å². The van der Waals surface area contributed by atoms with Crippen LogP contribution in [0.3, 0.4) is 0 Å². The Balaban J connectivity index is 1.23. The van der Waals surface area contributed by atoms with Crippen LogP contribution in [0.2, 0.25) is 0 Å². The molecule has 1 aliphatic heterocycles. The van der Waals surface area contributed by atoms with Gasteiger partial charge in [0, 0.05) is 62.7 Å². The smallest absolute Gasteiger partial charge is 0.223 e. The van der Waals surface area contributed by atoms with Crippen molar-refractivity contribution < 1.29 is 4.79 Å². The highest BCUT2D eigenvalue weighted by Gasteiger charge is 2.30. The predicted octanol–water partition coefficient (Wildman–Crippen LogP) is 6.94. The van der Waals surface area contributed by atoms with Gasteiger partial charge in [0.15, 0.2) is 0 Å². The molecule has 1 aliphatic rings. The SMILES string of the molecule is Cc1cccc([C@@H](CC(=O)N2CCN(C(c3ccccc3)c3ccccc3)CC2)c2cn(C)c3ccccc23)c1. The van der Waals surface area contributed by atoms with Gasteiger partial charge < -0.3 is 9.47 Å². The zero-order valence-corrected chi connectivity index (χ0v) is 23.4. The van der Waals surface area contributed by atoms with E-state index in [1.165, 1.54) is 38.7 Å². The Morgan fingerprint density at radius 3 is 1.98 bits per heavy atom. The van der Waals surface area contributed by atoms with E-state index in [4.69, 9.17) is 0 Å². The molecule has 1 saturated heterocycles. The molecular weight excluding hydrogens is 490 g/mol. The normalized spacial score (nSPS) is 15.0. The number of nitrogens with zero attached hydrogens (tertiary/aromatic N) is 3. The fourth-order valence-corrected chi connectivity index (χ4v) is 6.36. The Hall–Kier alpha value is -4.15. The second-order valence-electron chi connectivity index (χ2n) is 11.0. The van der Waals surface area contributed by atoms with Gasteiger partial charge in [-0.2, -0.15) is 0 Å². The summed E-state index contributed by atoms with van der Waals surface area (Å²) in [4.78, 5) is 18.5. The van der Waals surface area contributed by atoms with Crippen molar-refractivity contribution in [3.8, 4) is 0 Å². The largest absolute Gasteiger partial charge is 0.350 e. The van der Waals surface area contributed by atoms with Crippen molar-refractivity contribution in [3.63, 3.8) is 0 Å². The van der Waals surface area contributed by atoms with Gasteiger partial charge in [0.2, 0.25) is 5.91 Å². The number of para-hydroxylation sites is 1. The van der Waals surface area contributed by atoms with Crippen LogP contribution < -0.4 is 0 Å². The molecule has 4 aromatic carbocycles. The molecule has 5 aromatic rings. The topological polar surface area (TPSA) is 28.5 Å². The summed E-state index contributed by atoms with van der Waals surface area (Å²) in [5.74, 6) is 0.243. The lowest BCUT2D eigenvalue weighted by Crippen LogP contribution is -2.50. The fourth-order valence-electron chi connectivity index (χ4n) is 6.36. The number of aryl methyl sites for hydroxylation is 2. The Labute approximate surface area is 237 Å². The molecular formula is C36H37N3O. The number of carbonyl (C=O) groups excluding carboxylic acids is 1. The second kappa shape index (κ2) is 11.5. The van der Waals surface area contributed by atoms with Crippen molar-refractivity contribution in [1.29, 1.82) is 0 Å². The average molecular weight is 528 g/mol. The summed E-state index contributed by atoms with van der Waals surface area (Å²) in [7, 11) is 2.09. The molecule has 1 amide bonds. The van der Waals surface area contributed by atoms with E-state index in [1.54, 1.807) is 0 Å². The summed E-state index contributed by atoms with van der Waals surface area (Å²) in [6.07, 6.45) is 2.69. The molecule has 0 aliphatic carbocycles. The van der Waals surface area contributed by atoms with Crippen molar-refractivity contribution in [2.75, 3.05) is 26.2 Å². The van der Waals surface area contributed by atoms with E-state index < -0.39 is 0 Å². The molecule has 0 spiro atoms. The second-order valence-corrected chi connectivity index (χ2v) is 11.0. The highest BCUT2D eigenvalue weighted by molar-refractivity contribution is 5.86. The summed E-state index contributed by atoms with van der Waals surface area (Å²) in [6, 6.07) is 38.8. The van der Waals surface area contributed by atoms with Crippen LogP contribution in [-0.4, -0.2) is 46.5 Å². The van der Waals surface area contributed by atoms with Gasteiger partial charge in [0.05, 0.1) is 6.04 Å². The van der Waals surface area contributed by atoms with E-state index in [9.17, 15) is 4.79 Å². The molecule has 1 fully saturated rings. The van der Waals surface area contributed by atoms with Crippen molar-refractivity contribution in [2.24, 2.45) is 7.05 Å². The predicted molar refractivity (Wildman–Crippen MR) is 163 cm³/mol. The first-order valence-electron chi connectivity index (χ1n) is 14.3. The third-order valence-corrected chi connectivity index (χ3v) is 8.39. The van der Waals surface area contributed by atoms with Gasteiger partial charge >= 0.3 is 0 Å². The van der Waals surface area contributed by atoms with Crippen molar-refractivity contribution in [1.82, 2.24) is 14.4 Å². The summed E-state index contributed by atoms with van der Waals surface area (Å²) in [6.45, 7) is 5.31. The van der Waals surface area contributed by atoms with Gasteiger partial charge in [-0.1, -0.05) is 109 Å². The molecule has 2 heterocycles. The third kappa shape index (κ3) is 5.32. The van der Waals surface area contributed by atoms with E-state index in [1.807, 2.05) is 0 Å². The fraction of sp³-hybridized carbons (Fsp3) is 0.250. The van der Waals surface area contributed by atoms with Crippen molar-refractivity contribution >= 4 is 16.8 Å². The highest BCUT2D eigenvalue weighted by atomic mass is 16.2. The molecule has 40 heavy (non-hydrogen) atoms. The quantitative estimate of drug-likeness (QED) is 0.229. The lowest BCUT2D eigenvalue weighted by atomic mass is 9.87. The molecule has 202 valence electrons. The van der Waals surface area contributed by atoms with Crippen LogP contribution in [0.4, 0.5) is 0 Å². The minimum Gasteiger partial charge on any atom is -0.350 e. The molecule has 0 radical (unpaired) electrons.